The van der Waals surface area contributed by atoms with E-state index in [4.69, 9.17) is 11.6 Å². The molecule has 0 radical (unpaired) electrons. The maximum Gasteiger partial charge on any atom is 0.417 e. The van der Waals surface area contributed by atoms with Gasteiger partial charge in [-0.3, -0.25) is 9.79 Å². The Labute approximate surface area is 244 Å². The normalized spacial score (nSPS) is 17.1. The number of halogens is 7. The number of hydrogen-bond acceptors (Lipinski definition) is 5. The molecule has 0 saturated carbocycles. The molecule has 0 aromatic heterocycles. The molecule has 1 aliphatic heterocycles. The molecule has 3 rings (SSSR count). The minimum absolute atomic E-state index is 0.00472. The molecule has 15 heteroatoms. The fourth-order valence-electron chi connectivity index (χ4n) is 4.19. The van der Waals surface area contributed by atoms with Gasteiger partial charge >= 0.3 is 12.4 Å². The monoisotopic (exact) mass is 638 g/mol. The molecule has 0 saturated heterocycles. The maximum atomic E-state index is 13.5. The molecule has 2 aromatic carbocycles. The van der Waals surface area contributed by atoms with Crippen molar-refractivity contribution in [1.29, 1.82) is 0 Å². The summed E-state index contributed by atoms with van der Waals surface area (Å²) in [6, 6.07) is 9.41. The van der Waals surface area contributed by atoms with Gasteiger partial charge in [-0.05, 0) is 55.7 Å². The van der Waals surface area contributed by atoms with Crippen LogP contribution in [0.2, 0.25) is 5.02 Å². The minimum atomic E-state index is -4.68. The standard InChI is InChI=1S/C27H29ClF6N4O3S/c1-17(23-36-22(25(2,3)37-23)24(39)35-13-12-26(29,30)31)11-14-38(42(40,41)19-7-5-4-6-8-19)16-18-9-10-20(21(28)15-18)27(32,33)34/h4-10,15,22H,1,11-14,16H2,2-3H3,(H,35,39)(H,36,37)/t22-/m0/s1. The molecule has 0 bridgehead atoms. The molecule has 0 unspecified atom stereocenters. The molecule has 2 N–H and O–H groups in total. The SMILES string of the molecule is C=C(CCN(Cc1ccc(C(F)(F)F)c(Cl)c1)S(=O)(=O)c1ccccc1)C1=NC(C)(C)[C@H](C(=O)NCCC(F)(F)F)N1. The number of benzene rings is 2. The zero-order valence-electron chi connectivity index (χ0n) is 22.6. The molecule has 230 valence electrons. The number of carbonyl (C=O) groups excluding carboxylic acids is 1. The first-order valence-electron chi connectivity index (χ1n) is 12.6. The fraction of sp³-hybridized carbons (Fsp3) is 0.407. The molecule has 1 atom stereocenters. The second kappa shape index (κ2) is 12.6. The molecule has 0 aliphatic carbocycles. The molecule has 0 spiro atoms. The number of aliphatic imine (C=N–C) groups is 1. The Kier molecular flexibility index (Phi) is 10.1. The third-order valence-electron chi connectivity index (χ3n) is 6.43. The highest BCUT2D eigenvalue weighted by atomic mass is 35.5. The summed E-state index contributed by atoms with van der Waals surface area (Å²) < 4.78 is 105. The number of hydrogen-bond donors (Lipinski definition) is 2. The van der Waals surface area contributed by atoms with Gasteiger partial charge in [-0.25, -0.2) is 8.42 Å². The molecular weight excluding hydrogens is 610 g/mol. The largest absolute Gasteiger partial charge is 0.417 e. The van der Waals surface area contributed by atoms with E-state index in [2.05, 4.69) is 22.2 Å². The molecule has 42 heavy (non-hydrogen) atoms. The summed E-state index contributed by atoms with van der Waals surface area (Å²) in [5.74, 6) is -0.506. The van der Waals surface area contributed by atoms with Crippen LogP contribution in [0.3, 0.4) is 0 Å². The van der Waals surface area contributed by atoms with Gasteiger partial charge in [0, 0.05) is 19.6 Å². The highest BCUT2D eigenvalue weighted by Gasteiger charge is 2.41. The van der Waals surface area contributed by atoms with Gasteiger partial charge < -0.3 is 10.6 Å². The third kappa shape index (κ3) is 8.48. The molecule has 7 nitrogen and oxygen atoms in total. The Morgan fingerprint density at radius 3 is 2.33 bits per heavy atom. The lowest BCUT2D eigenvalue weighted by Crippen LogP contribution is -2.52. The van der Waals surface area contributed by atoms with E-state index in [1.165, 1.54) is 24.3 Å². The summed E-state index contributed by atoms with van der Waals surface area (Å²) in [5.41, 5.74) is -1.57. The van der Waals surface area contributed by atoms with Gasteiger partial charge in [-0.15, -0.1) is 0 Å². The first kappa shape index (κ1) is 33.4. The van der Waals surface area contributed by atoms with E-state index in [1.54, 1.807) is 19.9 Å². The van der Waals surface area contributed by atoms with Crippen molar-refractivity contribution in [3.05, 3.63) is 76.8 Å². The summed E-state index contributed by atoms with van der Waals surface area (Å²) in [5, 5.41) is 4.53. The lowest BCUT2D eigenvalue weighted by Gasteiger charge is -2.24. The molecule has 1 aliphatic rings. The number of nitrogens with zero attached hydrogens (tertiary/aromatic N) is 2. The number of rotatable bonds is 11. The highest BCUT2D eigenvalue weighted by molar-refractivity contribution is 7.89. The Bertz CT molecular complexity index is 1440. The Balaban J connectivity index is 1.77. The van der Waals surface area contributed by atoms with Crippen LogP contribution in [0.5, 0.6) is 0 Å². The quantitative estimate of drug-likeness (QED) is 0.309. The fourth-order valence-corrected chi connectivity index (χ4v) is 5.95. The van der Waals surface area contributed by atoms with Crippen LogP contribution in [-0.4, -0.2) is 55.3 Å². The molecule has 2 aromatic rings. The van der Waals surface area contributed by atoms with Gasteiger partial charge in [-0.2, -0.15) is 30.6 Å². The smallest absolute Gasteiger partial charge is 0.357 e. The van der Waals surface area contributed by atoms with Crippen LogP contribution in [-0.2, 0) is 27.5 Å². The van der Waals surface area contributed by atoms with E-state index in [0.717, 1.165) is 22.5 Å². The van der Waals surface area contributed by atoms with E-state index in [0.29, 0.717) is 5.57 Å². The van der Waals surface area contributed by atoms with Gasteiger partial charge in [-0.1, -0.05) is 42.4 Å². The second-order valence-electron chi connectivity index (χ2n) is 10.2. The lowest BCUT2D eigenvalue weighted by molar-refractivity contribution is -0.138. The Morgan fingerprint density at radius 2 is 1.76 bits per heavy atom. The second-order valence-corrected chi connectivity index (χ2v) is 12.5. The number of alkyl halides is 6. The Hall–Kier alpha value is -3.10. The van der Waals surface area contributed by atoms with E-state index >= 15 is 0 Å². The van der Waals surface area contributed by atoms with Crippen LogP contribution in [0.4, 0.5) is 26.3 Å². The zero-order valence-corrected chi connectivity index (χ0v) is 24.2. The van der Waals surface area contributed by atoms with Crippen LogP contribution < -0.4 is 10.6 Å². The predicted octanol–water partition coefficient (Wildman–Crippen LogP) is 5.71. The molecule has 1 heterocycles. The third-order valence-corrected chi connectivity index (χ3v) is 8.61. The van der Waals surface area contributed by atoms with E-state index < -0.39 is 63.4 Å². The summed E-state index contributed by atoms with van der Waals surface area (Å²) in [4.78, 5) is 17.0. The van der Waals surface area contributed by atoms with Crippen molar-refractivity contribution in [2.45, 2.75) is 62.1 Å². The van der Waals surface area contributed by atoms with Crippen LogP contribution in [0.25, 0.3) is 0 Å². The van der Waals surface area contributed by atoms with Crippen LogP contribution in [0.15, 0.2) is 70.6 Å². The summed E-state index contributed by atoms with van der Waals surface area (Å²) in [6.45, 7) is 6.07. The van der Waals surface area contributed by atoms with Gasteiger partial charge in [0.15, 0.2) is 0 Å². The molecule has 1 amide bonds. The van der Waals surface area contributed by atoms with Crippen LogP contribution in [0, 0.1) is 0 Å². The molecular formula is C27H29ClF6N4O3S. The predicted molar refractivity (Wildman–Crippen MR) is 146 cm³/mol. The van der Waals surface area contributed by atoms with Gasteiger partial charge in [0.2, 0.25) is 15.9 Å². The van der Waals surface area contributed by atoms with Crippen molar-refractivity contribution in [3.63, 3.8) is 0 Å². The number of amidine groups is 1. The zero-order chi connectivity index (χ0) is 31.5. The molecule has 0 fully saturated rings. The van der Waals surface area contributed by atoms with Crippen molar-refractivity contribution in [2.24, 2.45) is 4.99 Å². The topological polar surface area (TPSA) is 90.9 Å². The van der Waals surface area contributed by atoms with E-state index in [9.17, 15) is 39.6 Å². The number of sulfonamides is 1. The number of amides is 1. The summed E-state index contributed by atoms with van der Waals surface area (Å²) in [7, 11) is -4.13. The number of carbonyl (C=O) groups is 1. The van der Waals surface area contributed by atoms with Crippen molar-refractivity contribution in [2.75, 3.05) is 13.1 Å². The van der Waals surface area contributed by atoms with E-state index in [1.807, 2.05) is 0 Å². The average molecular weight is 639 g/mol. The van der Waals surface area contributed by atoms with Gasteiger partial charge in [0.05, 0.1) is 27.4 Å². The van der Waals surface area contributed by atoms with Crippen molar-refractivity contribution in [3.8, 4) is 0 Å². The van der Waals surface area contributed by atoms with Crippen LogP contribution >= 0.6 is 11.6 Å². The lowest BCUT2D eigenvalue weighted by atomic mass is 9.96. The van der Waals surface area contributed by atoms with Crippen LogP contribution in [0.1, 0.15) is 37.8 Å². The van der Waals surface area contributed by atoms with Crippen molar-refractivity contribution >= 4 is 33.4 Å². The number of nitrogens with one attached hydrogen (secondary N) is 2. The first-order valence-corrected chi connectivity index (χ1v) is 14.4. The van der Waals surface area contributed by atoms with Gasteiger partial charge in [0.1, 0.15) is 11.9 Å². The average Bonchev–Trinajstić information content (AvgIpc) is 3.20. The van der Waals surface area contributed by atoms with Gasteiger partial charge in [0.25, 0.3) is 0 Å². The Morgan fingerprint density at radius 1 is 1.12 bits per heavy atom. The van der Waals surface area contributed by atoms with Crippen molar-refractivity contribution < 1.29 is 39.6 Å². The highest BCUT2D eigenvalue weighted by Crippen LogP contribution is 2.35. The maximum absolute atomic E-state index is 13.5. The van der Waals surface area contributed by atoms with Crippen molar-refractivity contribution in [1.82, 2.24) is 14.9 Å². The summed E-state index contributed by atoms with van der Waals surface area (Å²) >= 11 is 5.85. The summed E-state index contributed by atoms with van der Waals surface area (Å²) in [6.07, 6.45) is -10.3. The van der Waals surface area contributed by atoms with E-state index in [-0.39, 0.29) is 35.8 Å². The minimum Gasteiger partial charge on any atom is -0.357 e. The first-order chi connectivity index (χ1) is 19.3.